The highest BCUT2D eigenvalue weighted by Crippen LogP contribution is 2.23. The lowest BCUT2D eigenvalue weighted by Crippen LogP contribution is -2.54. The molecule has 2 aliphatic rings. The van der Waals surface area contributed by atoms with Gasteiger partial charge in [-0.3, -0.25) is 4.79 Å². The molecule has 0 atom stereocenters. The minimum Gasteiger partial charge on any atom is -0.469 e. The Morgan fingerprint density at radius 3 is 2.15 bits per heavy atom. The SMILES string of the molecule is COC(=O)CC1CCN(C(=O)N2CCN(c3ccc(CN)cc3)CC2)CC1. The molecule has 0 aliphatic carbocycles. The normalized spacial score (nSPS) is 18.5. The number of piperazine rings is 1. The molecule has 1 aromatic carbocycles. The molecule has 2 saturated heterocycles. The fourth-order valence-electron chi connectivity index (χ4n) is 3.85. The summed E-state index contributed by atoms with van der Waals surface area (Å²) in [6, 6.07) is 8.46. The number of nitrogens with two attached hydrogens (primary N) is 1. The van der Waals surface area contributed by atoms with E-state index in [0.29, 0.717) is 18.9 Å². The molecule has 7 heteroatoms. The summed E-state index contributed by atoms with van der Waals surface area (Å²) in [4.78, 5) is 30.4. The van der Waals surface area contributed by atoms with Crippen molar-refractivity contribution >= 4 is 17.7 Å². The third-order valence-electron chi connectivity index (χ3n) is 5.66. The number of piperidine rings is 1. The van der Waals surface area contributed by atoms with E-state index in [0.717, 1.165) is 57.7 Å². The Balaban J connectivity index is 1.45. The number of esters is 1. The van der Waals surface area contributed by atoms with E-state index in [4.69, 9.17) is 10.5 Å². The van der Waals surface area contributed by atoms with E-state index in [1.807, 2.05) is 9.80 Å². The van der Waals surface area contributed by atoms with Gasteiger partial charge in [-0.05, 0) is 36.5 Å². The number of hydrogen-bond acceptors (Lipinski definition) is 5. The van der Waals surface area contributed by atoms with Crippen LogP contribution in [0.15, 0.2) is 24.3 Å². The van der Waals surface area contributed by atoms with Crippen LogP contribution in [0.3, 0.4) is 0 Å². The molecule has 0 aromatic heterocycles. The monoisotopic (exact) mass is 374 g/mol. The first-order valence-electron chi connectivity index (χ1n) is 9.75. The van der Waals surface area contributed by atoms with Crippen LogP contribution in [0.2, 0.25) is 0 Å². The van der Waals surface area contributed by atoms with Gasteiger partial charge in [0.2, 0.25) is 0 Å². The second-order valence-electron chi connectivity index (χ2n) is 7.34. The van der Waals surface area contributed by atoms with Crippen molar-refractivity contribution in [3.05, 3.63) is 29.8 Å². The first-order chi connectivity index (χ1) is 13.1. The molecule has 148 valence electrons. The predicted molar refractivity (Wildman–Crippen MR) is 104 cm³/mol. The quantitative estimate of drug-likeness (QED) is 0.811. The number of amides is 2. The Kier molecular flexibility index (Phi) is 6.55. The largest absolute Gasteiger partial charge is 0.469 e. The Hall–Kier alpha value is -2.28. The van der Waals surface area contributed by atoms with Crippen molar-refractivity contribution in [1.82, 2.24) is 9.80 Å². The lowest BCUT2D eigenvalue weighted by molar-refractivity contribution is -0.142. The van der Waals surface area contributed by atoms with Gasteiger partial charge in [0.15, 0.2) is 0 Å². The summed E-state index contributed by atoms with van der Waals surface area (Å²) < 4.78 is 4.74. The van der Waals surface area contributed by atoms with E-state index in [-0.39, 0.29) is 12.0 Å². The molecule has 0 unspecified atom stereocenters. The van der Waals surface area contributed by atoms with Crippen LogP contribution >= 0.6 is 0 Å². The molecule has 1 aromatic rings. The van der Waals surface area contributed by atoms with E-state index < -0.39 is 0 Å². The third-order valence-corrected chi connectivity index (χ3v) is 5.66. The molecule has 0 bridgehead atoms. The van der Waals surface area contributed by atoms with Crippen LogP contribution in [0.25, 0.3) is 0 Å². The van der Waals surface area contributed by atoms with Crippen LogP contribution in [-0.4, -0.2) is 68.2 Å². The highest BCUT2D eigenvalue weighted by Gasteiger charge is 2.29. The highest BCUT2D eigenvalue weighted by atomic mass is 16.5. The van der Waals surface area contributed by atoms with Crippen molar-refractivity contribution in [1.29, 1.82) is 0 Å². The number of rotatable bonds is 4. The van der Waals surface area contributed by atoms with Crippen molar-refractivity contribution in [2.75, 3.05) is 51.3 Å². The van der Waals surface area contributed by atoms with Crippen LogP contribution in [0.5, 0.6) is 0 Å². The van der Waals surface area contributed by atoms with E-state index in [1.165, 1.54) is 12.8 Å². The van der Waals surface area contributed by atoms with Crippen LogP contribution in [0.4, 0.5) is 10.5 Å². The number of benzene rings is 1. The standard InChI is InChI=1S/C20H30N4O3/c1-27-19(25)14-16-6-8-23(9-7-16)20(26)24-12-10-22(11-13-24)18-4-2-17(15-21)3-5-18/h2-5,16H,6-15,21H2,1H3. The van der Waals surface area contributed by atoms with Gasteiger partial charge in [-0.15, -0.1) is 0 Å². The first-order valence-corrected chi connectivity index (χ1v) is 9.75. The van der Waals surface area contributed by atoms with Gasteiger partial charge < -0.3 is 25.2 Å². The Morgan fingerprint density at radius 2 is 1.59 bits per heavy atom. The van der Waals surface area contributed by atoms with E-state index in [2.05, 4.69) is 29.2 Å². The minimum atomic E-state index is -0.157. The molecule has 0 saturated carbocycles. The van der Waals surface area contributed by atoms with Crippen molar-refractivity contribution in [3.8, 4) is 0 Å². The molecule has 2 fully saturated rings. The van der Waals surface area contributed by atoms with Gasteiger partial charge in [0.05, 0.1) is 7.11 Å². The maximum atomic E-state index is 12.8. The zero-order chi connectivity index (χ0) is 19.2. The van der Waals surface area contributed by atoms with Gasteiger partial charge in [0.1, 0.15) is 0 Å². The smallest absolute Gasteiger partial charge is 0.320 e. The summed E-state index contributed by atoms with van der Waals surface area (Å²) in [6.07, 6.45) is 2.20. The molecule has 2 heterocycles. The fraction of sp³-hybridized carbons (Fsp3) is 0.600. The van der Waals surface area contributed by atoms with Crippen LogP contribution in [0.1, 0.15) is 24.8 Å². The van der Waals surface area contributed by atoms with Gasteiger partial charge in [0, 0.05) is 57.9 Å². The maximum Gasteiger partial charge on any atom is 0.320 e. The Morgan fingerprint density at radius 1 is 1.00 bits per heavy atom. The van der Waals surface area contributed by atoms with Crippen LogP contribution in [-0.2, 0) is 16.1 Å². The van der Waals surface area contributed by atoms with Gasteiger partial charge in [0.25, 0.3) is 0 Å². The van der Waals surface area contributed by atoms with Crippen LogP contribution < -0.4 is 10.6 Å². The number of carbonyl (C=O) groups excluding carboxylic acids is 2. The number of hydrogen-bond donors (Lipinski definition) is 1. The molecule has 0 radical (unpaired) electrons. The van der Waals surface area contributed by atoms with E-state index >= 15 is 0 Å². The van der Waals surface area contributed by atoms with Crippen molar-refractivity contribution < 1.29 is 14.3 Å². The number of nitrogens with zero attached hydrogens (tertiary/aromatic N) is 3. The fourth-order valence-corrected chi connectivity index (χ4v) is 3.85. The molecule has 27 heavy (non-hydrogen) atoms. The van der Waals surface area contributed by atoms with Crippen LogP contribution in [0, 0.1) is 5.92 Å². The third kappa shape index (κ3) is 4.91. The zero-order valence-electron chi connectivity index (χ0n) is 16.1. The molecule has 0 spiro atoms. The second kappa shape index (κ2) is 9.08. The minimum absolute atomic E-state index is 0.129. The lowest BCUT2D eigenvalue weighted by atomic mass is 9.94. The number of methoxy groups -OCH3 is 1. The summed E-state index contributed by atoms with van der Waals surface area (Å²) in [5.74, 6) is 0.172. The summed E-state index contributed by atoms with van der Waals surface area (Å²) >= 11 is 0. The molecule has 2 aliphatic heterocycles. The molecular formula is C20H30N4O3. The number of anilines is 1. The predicted octanol–water partition coefficient (Wildman–Crippen LogP) is 1.66. The van der Waals surface area contributed by atoms with Gasteiger partial charge in [-0.2, -0.15) is 0 Å². The zero-order valence-corrected chi connectivity index (χ0v) is 16.1. The number of likely N-dealkylation sites (tertiary alicyclic amines) is 1. The van der Waals surface area contributed by atoms with Crippen molar-refractivity contribution in [2.24, 2.45) is 11.7 Å². The summed E-state index contributed by atoms with van der Waals surface area (Å²) in [5.41, 5.74) is 7.97. The Labute approximate surface area is 161 Å². The summed E-state index contributed by atoms with van der Waals surface area (Å²) in [6.45, 7) is 5.15. The average molecular weight is 374 g/mol. The number of carbonyl (C=O) groups is 2. The molecule has 2 amide bonds. The van der Waals surface area contributed by atoms with Gasteiger partial charge in [-0.1, -0.05) is 12.1 Å². The second-order valence-corrected chi connectivity index (χ2v) is 7.34. The summed E-state index contributed by atoms with van der Waals surface area (Å²) in [5, 5.41) is 0. The van der Waals surface area contributed by atoms with Gasteiger partial charge in [-0.25, -0.2) is 4.79 Å². The number of urea groups is 1. The van der Waals surface area contributed by atoms with E-state index in [1.54, 1.807) is 0 Å². The summed E-state index contributed by atoms with van der Waals surface area (Å²) in [7, 11) is 1.42. The Bertz CT molecular complexity index is 633. The molecule has 2 N–H and O–H groups in total. The molecule has 3 rings (SSSR count). The van der Waals surface area contributed by atoms with Gasteiger partial charge >= 0.3 is 12.0 Å². The highest BCUT2D eigenvalue weighted by molar-refractivity contribution is 5.75. The molecular weight excluding hydrogens is 344 g/mol. The maximum absolute atomic E-state index is 12.8. The van der Waals surface area contributed by atoms with Crippen molar-refractivity contribution in [3.63, 3.8) is 0 Å². The lowest BCUT2D eigenvalue weighted by Gasteiger charge is -2.40. The van der Waals surface area contributed by atoms with Crippen molar-refractivity contribution in [2.45, 2.75) is 25.8 Å². The molecule has 7 nitrogen and oxygen atoms in total. The topological polar surface area (TPSA) is 79.1 Å². The number of ether oxygens (including phenoxy) is 1. The first kappa shape index (κ1) is 19.5. The average Bonchev–Trinajstić information content (AvgIpc) is 2.74. The van der Waals surface area contributed by atoms with E-state index in [9.17, 15) is 9.59 Å².